The van der Waals surface area contributed by atoms with Gasteiger partial charge >= 0.3 is 15.9 Å². The van der Waals surface area contributed by atoms with Crippen molar-refractivity contribution in [1.82, 2.24) is 0 Å². The second-order valence-electron chi connectivity index (χ2n) is 6.55. The Morgan fingerprint density at radius 2 is 1.40 bits per heavy atom. The van der Waals surface area contributed by atoms with Crippen LogP contribution in [0.2, 0.25) is 0 Å². The molecule has 8 heteroatoms. The van der Waals surface area contributed by atoms with Gasteiger partial charge in [0.15, 0.2) is 0 Å². The van der Waals surface area contributed by atoms with Crippen LogP contribution in [0.4, 0.5) is 0 Å². The predicted octanol–water partition coefficient (Wildman–Crippen LogP) is 6.30. The monoisotopic (exact) mass is 592 g/mol. The van der Waals surface area contributed by atoms with E-state index < -0.39 is 15.9 Å². The van der Waals surface area contributed by atoms with Gasteiger partial charge in [-0.15, -0.1) is 0 Å². The van der Waals surface area contributed by atoms with E-state index in [0.717, 1.165) is 51.4 Å². The molecule has 0 bridgehead atoms. The summed E-state index contributed by atoms with van der Waals surface area (Å²) in [5, 5.41) is 0. The van der Waals surface area contributed by atoms with Crippen molar-refractivity contribution in [3.8, 4) is 0 Å². The SMILES string of the molecule is CCCCC(CC)CO[PH](=O)OP(C)(=O)OCC(CC)CCCC.[Pb]. The minimum Gasteiger partial charge on any atom is -0.310 e. The maximum absolute atomic E-state index is 12.3. The Morgan fingerprint density at radius 1 is 0.920 bits per heavy atom. The molecule has 0 heterocycles. The second-order valence-corrected chi connectivity index (χ2v) is 9.87. The van der Waals surface area contributed by atoms with Gasteiger partial charge in [-0.3, -0.25) is 9.13 Å². The molecule has 150 valence electrons. The van der Waals surface area contributed by atoms with E-state index in [2.05, 4.69) is 27.7 Å². The fraction of sp³-hybridized carbons (Fsp3) is 1.00. The maximum atomic E-state index is 12.3. The average molecular weight is 592 g/mol. The molecule has 0 aromatic heterocycles. The summed E-state index contributed by atoms with van der Waals surface area (Å²) in [6.45, 7) is 10.6. The van der Waals surface area contributed by atoms with E-state index in [1.165, 1.54) is 6.66 Å². The van der Waals surface area contributed by atoms with E-state index in [9.17, 15) is 9.13 Å². The number of hydrogen-bond acceptors (Lipinski definition) is 5. The fourth-order valence-corrected chi connectivity index (χ4v) is 4.77. The van der Waals surface area contributed by atoms with Gasteiger partial charge in [0.2, 0.25) is 0 Å². The Labute approximate surface area is 176 Å². The summed E-state index contributed by atoms with van der Waals surface area (Å²) < 4.78 is 40.1. The largest absolute Gasteiger partial charge is 0.334 e. The van der Waals surface area contributed by atoms with Crippen molar-refractivity contribution in [2.45, 2.75) is 79.1 Å². The molecule has 4 radical (unpaired) electrons. The standard InChI is InChI=1S/C17H38O5P2.Pb/c1-6-10-12-16(8-3)14-20-23(18)22-24(5,19)21-15-17(9-4)13-11-7-2;/h16-17,23H,6-15H2,1-5H3;. The van der Waals surface area contributed by atoms with Gasteiger partial charge in [-0.25, -0.2) is 4.31 Å². The molecular formula is C17H38O5P2Pb. The van der Waals surface area contributed by atoms with Crippen molar-refractivity contribution < 1.29 is 22.5 Å². The molecule has 0 aromatic carbocycles. The molecule has 4 atom stereocenters. The Bertz CT molecular complexity index is 382. The summed E-state index contributed by atoms with van der Waals surface area (Å²) in [5.41, 5.74) is 0. The minimum absolute atomic E-state index is 0. The Kier molecular flexibility index (Phi) is 19.8. The Morgan fingerprint density at radius 3 is 1.84 bits per heavy atom. The summed E-state index contributed by atoms with van der Waals surface area (Å²) in [6, 6.07) is 0. The van der Waals surface area contributed by atoms with Gasteiger partial charge in [0.05, 0.1) is 13.2 Å². The van der Waals surface area contributed by atoms with Crippen LogP contribution in [0.15, 0.2) is 0 Å². The topological polar surface area (TPSA) is 61.8 Å². The van der Waals surface area contributed by atoms with Crippen molar-refractivity contribution in [2.75, 3.05) is 19.9 Å². The van der Waals surface area contributed by atoms with Gasteiger partial charge in [-0.1, -0.05) is 66.2 Å². The zero-order valence-electron chi connectivity index (χ0n) is 16.7. The van der Waals surface area contributed by atoms with Crippen LogP contribution in [0, 0.1) is 11.8 Å². The first-order chi connectivity index (χ1) is 11.4. The summed E-state index contributed by atoms with van der Waals surface area (Å²) in [6.07, 6.45) is 8.59. The molecule has 0 fully saturated rings. The van der Waals surface area contributed by atoms with Crippen LogP contribution in [0.3, 0.4) is 0 Å². The van der Waals surface area contributed by atoms with Crippen LogP contribution in [0.1, 0.15) is 79.1 Å². The molecular weight excluding hydrogens is 553 g/mol. The van der Waals surface area contributed by atoms with Crippen molar-refractivity contribution in [2.24, 2.45) is 11.8 Å². The summed E-state index contributed by atoms with van der Waals surface area (Å²) in [7, 11) is -6.11. The zero-order valence-corrected chi connectivity index (χ0v) is 22.5. The molecule has 0 aliphatic rings. The van der Waals surface area contributed by atoms with Gasteiger partial charge in [-0.2, -0.15) is 0 Å². The van der Waals surface area contributed by atoms with Crippen LogP contribution in [-0.2, 0) is 22.5 Å². The van der Waals surface area contributed by atoms with Crippen molar-refractivity contribution in [3.63, 3.8) is 0 Å². The van der Waals surface area contributed by atoms with Crippen LogP contribution in [0.5, 0.6) is 0 Å². The quantitative estimate of drug-likeness (QED) is 0.156. The third kappa shape index (κ3) is 16.0. The first-order valence-electron chi connectivity index (χ1n) is 9.46. The molecule has 0 spiro atoms. The molecule has 0 N–H and O–H groups in total. The van der Waals surface area contributed by atoms with Gasteiger partial charge in [-0.05, 0) is 24.7 Å². The van der Waals surface area contributed by atoms with E-state index in [0.29, 0.717) is 25.0 Å². The average Bonchev–Trinajstić information content (AvgIpc) is 2.54. The molecule has 0 saturated heterocycles. The maximum Gasteiger partial charge on any atom is 0.334 e. The third-order valence-electron chi connectivity index (χ3n) is 4.31. The number of hydrogen-bond donors (Lipinski definition) is 0. The van der Waals surface area contributed by atoms with Crippen molar-refractivity contribution >= 4 is 43.1 Å². The van der Waals surface area contributed by atoms with Crippen LogP contribution in [-0.4, -0.2) is 47.2 Å². The van der Waals surface area contributed by atoms with E-state index in [4.69, 9.17) is 13.4 Å². The summed E-state index contributed by atoms with van der Waals surface area (Å²) >= 11 is 0. The first kappa shape index (κ1) is 28.5. The van der Waals surface area contributed by atoms with E-state index in [1.807, 2.05) is 0 Å². The van der Waals surface area contributed by atoms with Crippen LogP contribution < -0.4 is 0 Å². The third-order valence-corrected chi connectivity index (χ3v) is 7.25. The molecule has 0 aliphatic heterocycles. The Balaban J connectivity index is 0. The van der Waals surface area contributed by atoms with Crippen molar-refractivity contribution in [1.29, 1.82) is 0 Å². The summed E-state index contributed by atoms with van der Waals surface area (Å²) in [5.74, 6) is 0.738. The van der Waals surface area contributed by atoms with Crippen molar-refractivity contribution in [3.05, 3.63) is 0 Å². The molecule has 0 saturated carbocycles. The predicted molar refractivity (Wildman–Crippen MR) is 108 cm³/mol. The Hall–Kier alpha value is 1.26. The molecule has 0 aliphatic carbocycles. The molecule has 0 amide bonds. The van der Waals surface area contributed by atoms with Gasteiger partial charge in [0.1, 0.15) is 0 Å². The fourth-order valence-electron chi connectivity index (χ4n) is 2.41. The van der Waals surface area contributed by atoms with E-state index >= 15 is 0 Å². The van der Waals surface area contributed by atoms with Gasteiger partial charge in [0.25, 0.3) is 0 Å². The first-order valence-corrected chi connectivity index (χ1v) is 12.7. The number of rotatable bonds is 16. The molecule has 4 unspecified atom stereocenters. The normalized spacial score (nSPS) is 17.3. The van der Waals surface area contributed by atoms with Crippen LogP contribution in [0.25, 0.3) is 0 Å². The van der Waals surface area contributed by atoms with E-state index in [1.54, 1.807) is 0 Å². The molecule has 5 nitrogen and oxygen atoms in total. The smallest absolute Gasteiger partial charge is 0.310 e. The zero-order chi connectivity index (χ0) is 18.4. The minimum atomic E-state index is -3.33. The molecule has 0 rings (SSSR count). The van der Waals surface area contributed by atoms with Crippen LogP contribution >= 0.6 is 15.9 Å². The summed E-state index contributed by atoms with van der Waals surface area (Å²) in [4.78, 5) is 0. The second kappa shape index (κ2) is 17.4. The number of unbranched alkanes of at least 4 members (excludes halogenated alkanes) is 2. The van der Waals surface area contributed by atoms with Gasteiger partial charge in [0, 0.05) is 34.0 Å². The van der Waals surface area contributed by atoms with Gasteiger partial charge < -0.3 is 9.05 Å². The molecule has 25 heavy (non-hydrogen) atoms. The van der Waals surface area contributed by atoms with E-state index in [-0.39, 0.29) is 27.3 Å². The molecule has 0 aromatic rings.